The number of ketones is 1. The van der Waals surface area contributed by atoms with E-state index in [0.29, 0.717) is 22.3 Å². The minimum atomic E-state index is -2.58. The van der Waals surface area contributed by atoms with E-state index in [4.69, 9.17) is 4.74 Å². The van der Waals surface area contributed by atoms with Crippen LogP contribution < -0.4 is 3.58 Å². The Hall–Kier alpha value is -3.00. The number of fused-ring (bicyclic) bond motifs is 3. The second-order valence-electron chi connectivity index (χ2n) is 8.57. The Morgan fingerprint density at radius 1 is 0.968 bits per heavy atom. The van der Waals surface area contributed by atoms with Gasteiger partial charge in [0.1, 0.15) is 0 Å². The summed E-state index contributed by atoms with van der Waals surface area (Å²) >= 11 is -2.58. The molecule has 0 saturated heterocycles. The second-order valence-corrected chi connectivity index (χ2v) is 23.1. The Labute approximate surface area is 183 Å². The summed E-state index contributed by atoms with van der Waals surface area (Å²) in [4.78, 5) is 43.3. The Morgan fingerprint density at radius 3 is 2.23 bits per heavy atom. The van der Waals surface area contributed by atoms with Gasteiger partial charge in [-0.15, -0.1) is 0 Å². The van der Waals surface area contributed by atoms with Crippen LogP contribution in [0.2, 0.25) is 14.8 Å². The number of esters is 1. The molecule has 0 atom stereocenters. The molecule has 31 heavy (non-hydrogen) atoms. The van der Waals surface area contributed by atoms with Crippen molar-refractivity contribution in [3.63, 3.8) is 0 Å². The quantitative estimate of drug-likeness (QED) is 0.164. The molecular formula is C24H21NO5Sn. The summed E-state index contributed by atoms with van der Waals surface area (Å²) < 4.78 is 6.66. The minimum absolute atomic E-state index is 0.0263. The molecule has 1 aliphatic carbocycles. The summed E-state index contributed by atoms with van der Waals surface area (Å²) in [5, 5.41) is 10.8. The van der Waals surface area contributed by atoms with Gasteiger partial charge in [-0.2, -0.15) is 0 Å². The second kappa shape index (κ2) is 7.92. The van der Waals surface area contributed by atoms with Crippen LogP contribution in [-0.4, -0.2) is 35.1 Å². The molecule has 0 N–H and O–H groups in total. The van der Waals surface area contributed by atoms with Gasteiger partial charge in [-0.05, 0) is 0 Å². The predicted octanol–water partition coefficient (Wildman–Crippen LogP) is 4.71. The molecule has 0 spiro atoms. The van der Waals surface area contributed by atoms with Crippen molar-refractivity contribution in [3.05, 3.63) is 93.0 Å². The SMILES string of the molecule is [CH3][Sn]([CH3])([CH3])[c]1cc(C(=O)OCc2ccc([N+](=O)[O-])cc2)c2c(c1)-c1ccccc1C2=O. The number of carbonyl (C=O) groups excluding carboxylic acids is 2. The third kappa shape index (κ3) is 3.99. The average Bonchev–Trinajstić information content (AvgIpc) is 3.03. The Balaban J connectivity index is 1.70. The van der Waals surface area contributed by atoms with Crippen LogP contribution in [0.3, 0.4) is 0 Å². The predicted molar refractivity (Wildman–Crippen MR) is 121 cm³/mol. The molecule has 7 heteroatoms. The van der Waals surface area contributed by atoms with Crippen LogP contribution in [-0.2, 0) is 11.3 Å². The fraction of sp³-hybridized carbons (Fsp3) is 0.167. The molecule has 0 amide bonds. The van der Waals surface area contributed by atoms with Crippen molar-refractivity contribution in [1.29, 1.82) is 0 Å². The van der Waals surface area contributed by atoms with Crippen LogP contribution in [0, 0.1) is 10.1 Å². The van der Waals surface area contributed by atoms with Crippen molar-refractivity contribution in [2.75, 3.05) is 0 Å². The fourth-order valence-electron chi connectivity index (χ4n) is 3.68. The van der Waals surface area contributed by atoms with Crippen LogP contribution in [0.1, 0.15) is 31.8 Å². The zero-order valence-electron chi connectivity index (χ0n) is 17.5. The molecule has 3 aromatic rings. The van der Waals surface area contributed by atoms with E-state index in [0.717, 1.165) is 14.7 Å². The Morgan fingerprint density at radius 2 is 1.61 bits per heavy atom. The van der Waals surface area contributed by atoms with Crippen molar-refractivity contribution < 1.29 is 19.2 Å². The van der Waals surface area contributed by atoms with E-state index < -0.39 is 29.3 Å². The van der Waals surface area contributed by atoms with Gasteiger partial charge in [-0.3, -0.25) is 0 Å². The van der Waals surface area contributed by atoms with Gasteiger partial charge in [0.2, 0.25) is 0 Å². The van der Waals surface area contributed by atoms with Crippen molar-refractivity contribution >= 4 is 39.4 Å². The van der Waals surface area contributed by atoms with E-state index in [9.17, 15) is 19.7 Å². The number of non-ortho nitro benzene ring substituents is 1. The third-order valence-electron chi connectivity index (χ3n) is 5.43. The number of carbonyl (C=O) groups is 2. The molecule has 0 aliphatic heterocycles. The first-order valence-corrected chi connectivity index (χ1v) is 19.9. The maximum atomic E-state index is 13.1. The number of benzene rings is 3. The molecule has 0 bridgehead atoms. The fourth-order valence-corrected chi connectivity index (χ4v) is 6.98. The van der Waals surface area contributed by atoms with Crippen molar-refractivity contribution in [1.82, 2.24) is 0 Å². The molecule has 156 valence electrons. The van der Waals surface area contributed by atoms with Gasteiger partial charge < -0.3 is 0 Å². The molecule has 0 fully saturated rings. The van der Waals surface area contributed by atoms with Crippen molar-refractivity contribution in [2.24, 2.45) is 0 Å². The molecule has 4 rings (SSSR count). The van der Waals surface area contributed by atoms with Crippen LogP contribution in [0.15, 0.2) is 60.7 Å². The molecule has 0 aromatic heterocycles. The number of nitrogens with zero attached hydrogens (tertiary/aromatic N) is 1. The Bertz CT molecular complexity index is 1230. The van der Waals surface area contributed by atoms with E-state index in [1.165, 1.54) is 12.1 Å². The van der Waals surface area contributed by atoms with Gasteiger partial charge >= 0.3 is 184 Å². The molecule has 0 saturated carbocycles. The van der Waals surface area contributed by atoms with Crippen LogP contribution in [0.4, 0.5) is 5.69 Å². The van der Waals surface area contributed by atoms with E-state index in [1.54, 1.807) is 18.2 Å². The van der Waals surface area contributed by atoms with E-state index in [2.05, 4.69) is 20.9 Å². The summed E-state index contributed by atoms with van der Waals surface area (Å²) in [5.41, 5.74) is 3.55. The van der Waals surface area contributed by atoms with Gasteiger partial charge in [0.15, 0.2) is 0 Å². The molecule has 1 aliphatic rings. The summed E-state index contributed by atoms with van der Waals surface area (Å²) in [6.45, 7) is -0.0320. The van der Waals surface area contributed by atoms with Crippen LogP contribution >= 0.6 is 0 Å². The summed E-state index contributed by atoms with van der Waals surface area (Å²) in [6.07, 6.45) is 0. The molecule has 0 radical (unpaired) electrons. The maximum absolute atomic E-state index is 13.1. The molecule has 0 unspecified atom stereocenters. The zero-order valence-corrected chi connectivity index (χ0v) is 20.3. The number of ether oxygens (including phenoxy) is 1. The van der Waals surface area contributed by atoms with Crippen LogP contribution in [0.5, 0.6) is 0 Å². The van der Waals surface area contributed by atoms with Gasteiger partial charge in [-0.1, -0.05) is 0 Å². The standard InChI is InChI=1S/C21H12NO5.3CH3.Sn/c23-20-17-5-2-1-4-15(17)16-6-3-7-18(19(16)20)21(24)27-12-13-8-10-14(11-9-13)22(25)26;;;;/h1-2,4-11H,12H2;3*1H3;. The number of hydrogen-bond acceptors (Lipinski definition) is 5. The molecule has 3 aromatic carbocycles. The summed E-state index contributed by atoms with van der Waals surface area (Å²) in [7, 11) is 0. The molecular weight excluding hydrogens is 501 g/mol. The first kappa shape index (κ1) is 21.2. The number of nitro groups is 1. The number of hydrogen-bond donors (Lipinski definition) is 0. The van der Waals surface area contributed by atoms with E-state index in [1.807, 2.05) is 24.3 Å². The zero-order chi connectivity index (χ0) is 22.3. The molecule has 6 nitrogen and oxygen atoms in total. The monoisotopic (exact) mass is 523 g/mol. The topological polar surface area (TPSA) is 86.5 Å². The normalized spacial score (nSPS) is 12.3. The van der Waals surface area contributed by atoms with Crippen LogP contribution in [0.25, 0.3) is 11.1 Å². The Kier molecular flexibility index (Phi) is 5.43. The van der Waals surface area contributed by atoms with E-state index in [-0.39, 0.29) is 18.1 Å². The van der Waals surface area contributed by atoms with Crippen molar-refractivity contribution in [2.45, 2.75) is 21.4 Å². The number of nitro benzene ring substituents is 1. The molecule has 0 heterocycles. The number of rotatable bonds is 5. The third-order valence-corrected chi connectivity index (χ3v) is 11.2. The van der Waals surface area contributed by atoms with Gasteiger partial charge in [0.05, 0.1) is 0 Å². The average molecular weight is 522 g/mol. The first-order chi connectivity index (χ1) is 14.7. The van der Waals surface area contributed by atoms with Gasteiger partial charge in [0, 0.05) is 0 Å². The van der Waals surface area contributed by atoms with Crippen molar-refractivity contribution in [3.8, 4) is 11.1 Å². The van der Waals surface area contributed by atoms with Gasteiger partial charge in [0.25, 0.3) is 0 Å². The summed E-state index contributed by atoms with van der Waals surface area (Å²) in [6, 6.07) is 17.2. The first-order valence-electron chi connectivity index (χ1n) is 9.90. The van der Waals surface area contributed by atoms with E-state index >= 15 is 0 Å². The summed E-state index contributed by atoms with van der Waals surface area (Å²) in [5.74, 6) is -0.725. The van der Waals surface area contributed by atoms with Gasteiger partial charge in [-0.25, -0.2) is 0 Å².